The zero-order chi connectivity index (χ0) is 14.9. The number of piperidine rings is 1. The number of halogens is 2. The van der Waals surface area contributed by atoms with Crippen molar-refractivity contribution in [3.05, 3.63) is 34.1 Å². The summed E-state index contributed by atoms with van der Waals surface area (Å²) in [6.07, 6.45) is 1.19. The smallest absolute Gasteiger partial charge is 0.326 e. The molecule has 4 nitrogen and oxygen atoms in total. The first kappa shape index (κ1) is 15.0. The van der Waals surface area contributed by atoms with Crippen LogP contribution in [0.15, 0.2) is 22.7 Å². The third-order valence-corrected chi connectivity index (χ3v) is 4.22. The number of amides is 1. The summed E-state index contributed by atoms with van der Waals surface area (Å²) in [4.78, 5) is 25.0. The molecule has 1 aromatic carbocycles. The Bertz CT molecular complexity index is 549. The van der Waals surface area contributed by atoms with Gasteiger partial charge in [-0.25, -0.2) is 9.18 Å². The fraction of sp³-hybridized carbons (Fsp3) is 0.429. The van der Waals surface area contributed by atoms with Crippen molar-refractivity contribution in [2.45, 2.75) is 25.8 Å². The molecule has 1 amide bonds. The van der Waals surface area contributed by atoms with Gasteiger partial charge in [-0.15, -0.1) is 0 Å². The molecule has 1 heterocycles. The van der Waals surface area contributed by atoms with Gasteiger partial charge in [0.2, 0.25) is 0 Å². The van der Waals surface area contributed by atoms with Gasteiger partial charge in [0.25, 0.3) is 5.91 Å². The van der Waals surface area contributed by atoms with E-state index in [9.17, 15) is 19.1 Å². The quantitative estimate of drug-likeness (QED) is 0.898. The van der Waals surface area contributed by atoms with Gasteiger partial charge in [0.05, 0.1) is 4.47 Å². The van der Waals surface area contributed by atoms with Gasteiger partial charge in [-0.1, -0.05) is 6.92 Å². The molecule has 1 aromatic rings. The zero-order valence-corrected chi connectivity index (χ0v) is 12.6. The minimum Gasteiger partial charge on any atom is -0.480 e. The van der Waals surface area contributed by atoms with E-state index in [-0.39, 0.29) is 16.0 Å². The van der Waals surface area contributed by atoms with Gasteiger partial charge >= 0.3 is 5.97 Å². The lowest BCUT2D eigenvalue weighted by atomic mass is 9.92. The molecule has 2 unspecified atom stereocenters. The average molecular weight is 344 g/mol. The van der Waals surface area contributed by atoms with Crippen LogP contribution in [0, 0.1) is 11.7 Å². The van der Waals surface area contributed by atoms with Crippen LogP contribution in [-0.2, 0) is 4.79 Å². The molecule has 6 heteroatoms. The first-order valence-corrected chi connectivity index (χ1v) is 7.18. The van der Waals surface area contributed by atoms with Crippen molar-refractivity contribution >= 4 is 27.8 Å². The van der Waals surface area contributed by atoms with Crippen LogP contribution in [0.3, 0.4) is 0 Å². The molecule has 108 valence electrons. The molecule has 1 aliphatic rings. The van der Waals surface area contributed by atoms with Crippen molar-refractivity contribution in [1.82, 2.24) is 4.90 Å². The van der Waals surface area contributed by atoms with Crippen molar-refractivity contribution in [1.29, 1.82) is 0 Å². The second-order valence-electron chi connectivity index (χ2n) is 5.11. The van der Waals surface area contributed by atoms with Crippen molar-refractivity contribution < 1.29 is 19.1 Å². The Morgan fingerprint density at radius 3 is 2.75 bits per heavy atom. The molecule has 0 aromatic heterocycles. The number of hydrogen-bond acceptors (Lipinski definition) is 2. The van der Waals surface area contributed by atoms with E-state index in [1.807, 2.05) is 6.92 Å². The van der Waals surface area contributed by atoms with Crippen LogP contribution < -0.4 is 0 Å². The SMILES string of the molecule is CC1CCN(C(=O)c2ccc(Br)c(F)c2)C(C(=O)O)C1. The zero-order valence-electron chi connectivity index (χ0n) is 11.0. The Balaban J connectivity index is 2.26. The minimum atomic E-state index is -1.01. The summed E-state index contributed by atoms with van der Waals surface area (Å²) in [5, 5.41) is 9.25. The summed E-state index contributed by atoms with van der Waals surface area (Å²) < 4.78 is 13.8. The van der Waals surface area contributed by atoms with Crippen LogP contribution in [0.25, 0.3) is 0 Å². The number of nitrogens with zero attached hydrogens (tertiary/aromatic N) is 1. The van der Waals surface area contributed by atoms with Crippen LogP contribution in [0.5, 0.6) is 0 Å². The summed E-state index contributed by atoms with van der Waals surface area (Å²) in [7, 11) is 0. The maximum atomic E-state index is 13.5. The predicted molar refractivity (Wildman–Crippen MR) is 75.0 cm³/mol. The molecule has 2 rings (SSSR count). The Kier molecular flexibility index (Phi) is 4.42. The first-order chi connectivity index (χ1) is 9.40. The van der Waals surface area contributed by atoms with Gasteiger partial charge in [0, 0.05) is 12.1 Å². The normalized spacial score (nSPS) is 22.6. The maximum absolute atomic E-state index is 13.5. The van der Waals surface area contributed by atoms with E-state index in [1.54, 1.807) is 0 Å². The summed E-state index contributed by atoms with van der Waals surface area (Å²) >= 11 is 3.02. The van der Waals surface area contributed by atoms with Gasteiger partial charge in [0.15, 0.2) is 0 Å². The second-order valence-corrected chi connectivity index (χ2v) is 5.97. The van der Waals surface area contributed by atoms with E-state index in [0.29, 0.717) is 13.0 Å². The van der Waals surface area contributed by atoms with Gasteiger partial charge in [-0.05, 0) is 52.9 Å². The highest BCUT2D eigenvalue weighted by molar-refractivity contribution is 9.10. The van der Waals surface area contributed by atoms with E-state index in [4.69, 9.17) is 0 Å². The lowest BCUT2D eigenvalue weighted by Gasteiger charge is -2.36. The number of hydrogen-bond donors (Lipinski definition) is 1. The van der Waals surface area contributed by atoms with E-state index in [2.05, 4.69) is 15.9 Å². The highest BCUT2D eigenvalue weighted by atomic mass is 79.9. The fourth-order valence-corrected chi connectivity index (χ4v) is 2.66. The van der Waals surface area contributed by atoms with E-state index in [0.717, 1.165) is 12.5 Å². The number of carboxylic acid groups (broad SMARTS) is 1. The van der Waals surface area contributed by atoms with Gasteiger partial charge in [-0.2, -0.15) is 0 Å². The Morgan fingerprint density at radius 2 is 2.15 bits per heavy atom. The molecule has 1 fully saturated rings. The monoisotopic (exact) mass is 343 g/mol. The number of carbonyl (C=O) groups excluding carboxylic acids is 1. The van der Waals surface area contributed by atoms with Gasteiger partial charge < -0.3 is 10.0 Å². The minimum absolute atomic E-state index is 0.173. The number of carbonyl (C=O) groups is 2. The summed E-state index contributed by atoms with van der Waals surface area (Å²) in [6.45, 7) is 2.35. The molecule has 0 spiro atoms. The highest BCUT2D eigenvalue weighted by Crippen LogP contribution is 2.25. The molecule has 0 bridgehead atoms. The summed E-state index contributed by atoms with van der Waals surface area (Å²) in [6, 6.07) is 3.23. The first-order valence-electron chi connectivity index (χ1n) is 6.39. The molecule has 2 atom stereocenters. The number of benzene rings is 1. The summed E-state index contributed by atoms with van der Waals surface area (Å²) in [5.41, 5.74) is 0.173. The lowest BCUT2D eigenvalue weighted by molar-refractivity contribution is -0.144. The Hall–Kier alpha value is -1.43. The number of likely N-dealkylation sites (tertiary alicyclic amines) is 1. The van der Waals surface area contributed by atoms with Crippen molar-refractivity contribution in [2.24, 2.45) is 5.92 Å². The molecule has 1 N–H and O–H groups in total. The van der Waals surface area contributed by atoms with Crippen LogP contribution >= 0.6 is 15.9 Å². The van der Waals surface area contributed by atoms with Crippen molar-refractivity contribution in [3.63, 3.8) is 0 Å². The predicted octanol–water partition coefficient (Wildman–Crippen LogP) is 2.91. The largest absolute Gasteiger partial charge is 0.480 e. The molecular formula is C14H15BrFNO3. The average Bonchev–Trinajstić information content (AvgIpc) is 2.41. The Morgan fingerprint density at radius 1 is 1.45 bits per heavy atom. The third-order valence-electron chi connectivity index (χ3n) is 3.58. The van der Waals surface area contributed by atoms with E-state index < -0.39 is 23.7 Å². The van der Waals surface area contributed by atoms with Crippen LogP contribution in [0.4, 0.5) is 4.39 Å². The number of rotatable bonds is 2. The van der Waals surface area contributed by atoms with Crippen LogP contribution in [0.1, 0.15) is 30.1 Å². The van der Waals surface area contributed by atoms with Gasteiger partial charge in [0.1, 0.15) is 11.9 Å². The summed E-state index contributed by atoms with van der Waals surface area (Å²) in [5.74, 6) is -1.71. The molecule has 20 heavy (non-hydrogen) atoms. The third kappa shape index (κ3) is 3.00. The Labute approximate surface area is 124 Å². The fourth-order valence-electron chi connectivity index (χ4n) is 2.41. The van der Waals surface area contributed by atoms with E-state index in [1.165, 1.54) is 17.0 Å². The molecule has 0 saturated carbocycles. The van der Waals surface area contributed by atoms with Crippen LogP contribution in [0.2, 0.25) is 0 Å². The molecular weight excluding hydrogens is 329 g/mol. The van der Waals surface area contributed by atoms with Gasteiger partial charge in [-0.3, -0.25) is 4.79 Å². The van der Waals surface area contributed by atoms with Crippen LogP contribution in [-0.4, -0.2) is 34.5 Å². The number of carboxylic acids is 1. The lowest BCUT2D eigenvalue weighted by Crippen LogP contribution is -2.49. The molecule has 0 aliphatic carbocycles. The highest BCUT2D eigenvalue weighted by Gasteiger charge is 2.35. The van der Waals surface area contributed by atoms with Crippen molar-refractivity contribution in [3.8, 4) is 0 Å². The molecule has 1 aliphatic heterocycles. The topological polar surface area (TPSA) is 57.6 Å². The molecule has 0 radical (unpaired) electrons. The van der Waals surface area contributed by atoms with Crippen molar-refractivity contribution in [2.75, 3.05) is 6.54 Å². The number of aliphatic carboxylic acids is 1. The standard InChI is InChI=1S/C14H15BrFNO3/c1-8-4-5-17(12(6-8)14(19)20)13(18)9-2-3-10(15)11(16)7-9/h2-3,7-8,12H,4-6H2,1H3,(H,19,20). The molecule has 1 saturated heterocycles. The van der Waals surface area contributed by atoms with E-state index >= 15 is 0 Å². The second kappa shape index (κ2) is 5.91. The maximum Gasteiger partial charge on any atom is 0.326 e.